The number of ether oxygens (including phenoxy) is 1. The number of alkyl halides is 6. The van der Waals surface area contributed by atoms with Gasteiger partial charge in [0.05, 0.1) is 12.7 Å². The lowest BCUT2D eigenvalue weighted by Gasteiger charge is -2.60. The van der Waals surface area contributed by atoms with Crippen molar-refractivity contribution in [2.45, 2.75) is 57.2 Å². The van der Waals surface area contributed by atoms with E-state index in [1.165, 1.54) is 24.4 Å². The standard InChI is InChI=1S/C26H28F6N6O/c27-25(28,29)14-36-21-17-5-15-6-18(21)9-24(7-15,8-17)13-37-22-19(10-33)12-35-23(38-22)34-11-16-3-1-2-4-20(16)39-26(30,31)32/h1-4,12,15,17-18,21,36H,5-9,11,13-14H2,(H2,34,35,37,38)/t15?,17-,18+,21?,24?. The largest absolute Gasteiger partial charge is 0.573 e. The normalized spacial score (nSPS) is 27.7. The Labute approximate surface area is 221 Å². The fourth-order valence-electron chi connectivity index (χ4n) is 6.98. The molecule has 0 amide bonds. The average Bonchev–Trinajstić information content (AvgIpc) is 2.85. The third-order valence-corrected chi connectivity index (χ3v) is 8.11. The molecule has 6 rings (SSSR count). The van der Waals surface area contributed by atoms with Gasteiger partial charge in [-0.15, -0.1) is 13.2 Å². The predicted octanol–water partition coefficient (Wildman–Crippen LogP) is 5.62. The van der Waals surface area contributed by atoms with Gasteiger partial charge in [0.15, 0.2) is 0 Å². The van der Waals surface area contributed by atoms with Crippen molar-refractivity contribution in [1.29, 1.82) is 5.26 Å². The van der Waals surface area contributed by atoms with Crippen molar-refractivity contribution in [2.24, 2.45) is 23.2 Å². The molecule has 4 saturated carbocycles. The zero-order valence-corrected chi connectivity index (χ0v) is 20.9. The van der Waals surface area contributed by atoms with Gasteiger partial charge < -0.3 is 20.7 Å². The number of halogens is 6. The van der Waals surface area contributed by atoms with Crippen LogP contribution < -0.4 is 20.7 Å². The van der Waals surface area contributed by atoms with Gasteiger partial charge in [0, 0.05) is 24.7 Å². The minimum absolute atomic E-state index is 0.0428. The maximum absolute atomic E-state index is 12.8. The minimum atomic E-state index is -4.83. The summed E-state index contributed by atoms with van der Waals surface area (Å²) < 4.78 is 80.7. The van der Waals surface area contributed by atoms with E-state index in [0.29, 0.717) is 18.3 Å². The fraction of sp³-hybridized carbons (Fsp3) is 0.577. The van der Waals surface area contributed by atoms with Crippen molar-refractivity contribution in [3.63, 3.8) is 0 Å². The maximum atomic E-state index is 12.8. The summed E-state index contributed by atoms with van der Waals surface area (Å²) in [4.78, 5) is 8.50. The lowest BCUT2D eigenvalue weighted by atomic mass is 9.48. The molecule has 4 aliphatic carbocycles. The van der Waals surface area contributed by atoms with Crippen LogP contribution in [0, 0.1) is 34.5 Å². The van der Waals surface area contributed by atoms with E-state index in [1.807, 2.05) is 0 Å². The molecule has 4 bridgehead atoms. The highest BCUT2D eigenvalue weighted by Gasteiger charge is 2.55. The van der Waals surface area contributed by atoms with Gasteiger partial charge >= 0.3 is 12.5 Å². The van der Waals surface area contributed by atoms with E-state index < -0.39 is 19.1 Å². The summed E-state index contributed by atoms with van der Waals surface area (Å²) in [5.74, 6) is 0.923. The van der Waals surface area contributed by atoms with Crippen LogP contribution in [-0.2, 0) is 6.54 Å². The van der Waals surface area contributed by atoms with E-state index in [9.17, 15) is 31.6 Å². The lowest BCUT2D eigenvalue weighted by molar-refractivity contribution is -0.274. The first-order valence-corrected chi connectivity index (χ1v) is 12.8. The molecule has 2 aromatic rings. The highest BCUT2D eigenvalue weighted by atomic mass is 19.4. The van der Waals surface area contributed by atoms with Crippen LogP contribution in [0.2, 0.25) is 0 Å². The summed E-state index contributed by atoms with van der Waals surface area (Å²) in [7, 11) is 0. The summed E-state index contributed by atoms with van der Waals surface area (Å²) in [5, 5.41) is 18.5. The summed E-state index contributed by atoms with van der Waals surface area (Å²) in [5.41, 5.74) is 0.377. The van der Waals surface area contributed by atoms with Gasteiger partial charge in [-0.25, -0.2) is 4.98 Å². The number of para-hydroxylation sites is 1. The Kier molecular flexibility index (Phi) is 7.26. The molecule has 13 heteroatoms. The Morgan fingerprint density at radius 3 is 2.41 bits per heavy atom. The molecule has 4 aliphatic rings. The van der Waals surface area contributed by atoms with E-state index in [-0.39, 0.29) is 52.7 Å². The minimum Gasteiger partial charge on any atom is -0.405 e. The Bertz CT molecular complexity index is 1210. The Balaban J connectivity index is 1.24. The van der Waals surface area contributed by atoms with Crippen molar-refractivity contribution in [3.05, 3.63) is 41.6 Å². The number of nitriles is 1. The SMILES string of the molecule is N#Cc1cnc(NCc2ccccc2OC(F)(F)F)nc1NCC12CC3C[C@H](C1)C(NCC(F)(F)F)[C@@H](C3)C2. The van der Waals surface area contributed by atoms with Crippen LogP contribution in [0.3, 0.4) is 0 Å². The molecule has 0 saturated heterocycles. The molecule has 1 aromatic carbocycles. The van der Waals surface area contributed by atoms with Crippen LogP contribution in [0.15, 0.2) is 30.5 Å². The van der Waals surface area contributed by atoms with Crippen LogP contribution in [0.4, 0.5) is 38.1 Å². The second kappa shape index (κ2) is 10.4. The Morgan fingerprint density at radius 2 is 1.74 bits per heavy atom. The smallest absolute Gasteiger partial charge is 0.405 e. The molecule has 39 heavy (non-hydrogen) atoms. The van der Waals surface area contributed by atoms with Gasteiger partial charge in [0.2, 0.25) is 5.95 Å². The molecule has 3 unspecified atom stereocenters. The number of hydrogen-bond acceptors (Lipinski definition) is 7. The van der Waals surface area contributed by atoms with Crippen LogP contribution in [0.1, 0.15) is 43.2 Å². The van der Waals surface area contributed by atoms with Crippen molar-refractivity contribution < 1.29 is 31.1 Å². The molecule has 1 heterocycles. The zero-order valence-electron chi connectivity index (χ0n) is 20.9. The zero-order chi connectivity index (χ0) is 27.8. The Morgan fingerprint density at radius 1 is 1.03 bits per heavy atom. The summed E-state index contributed by atoms with van der Waals surface area (Å²) in [6.07, 6.45) is -3.29. The van der Waals surface area contributed by atoms with Gasteiger partial charge in [-0.2, -0.15) is 23.4 Å². The number of nitrogens with zero attached hydrogens (tertiary/aromatic N) is 3. The summed E-state index contributed by atoms with van der Waals surface area (Å²) >= 11 is 0. The van der Waals surface area contributed by atoms with Crippen LogP contribution in [0.25, 0.3) is 0 Å². The molecule has 7 nitrogen and oxygen atoms in total. The molecule has 0 radical (unpaired) electrons. The molecule has 0 spiro atoms. The summed E-state index contributed by atoms with van der Waals surface area (Å²) in [6.45, 7) is -0.496. The first kappa shape index (κ1) is 27.3. The van der Waals surface area contributed by atoms with E-state index in [2.05, 4.69) is 36.7 Å². The molecule has 3 N–H and O–H groups in total. The average molecular weight is 555 g/mol. The van der Waals surface area contributed by atoms with E-state index in [4.69, 9.17) is 0 Å². The highest BCUT2D eigenvalue weighted by molar-refractivity contribution is 5.53. The molecular weight excluding hydrogens is 526 g/mol. The second-order valence-corrected chi connectivity index (χ2v) is 10.9. The fourth-order valence-corrected chi connectivity index (χ4v) is 6.98. The summed E-state index contributed by atoms with van der Waals surface area (Å²) in [6, 6.07) is 7.64. The number of hydrogen-bond donors (Lipinski definition) is 3. The second-order valence-electron chi connectivity index (χ2n) is 10.9. The number of anilines is 2. The highest BCUT2D eigenvalue weighted by Crippen LogP contribution is 2.60. The lowest BCUT2D eigenvalue weighted by Crippen LogP contribution is -2.60. The van der Waals surface area contributed by atoms with Crippen LogP contribution in [0.5, 0.6) is 5.75 Å². The molecular formula is C26H28F6N6O. The van der Waals surface area contributed by atoms with Crippen molar-refractivity contribution in [1.82, 2.24) is 15.3 Å². The topological polar surface area (TPSA) is 94.9 Å². The molecule has 1 aromatic heterocycles. The molecule has 5 atom stereocenters. The molecule has 210 valence electrons. The van der Waals surface area contributed by atoms with Crippen molar-refractivity contribution in [3.8, 4) is 11.8 Å². The quantitative estimate of drug-likeness (QED) is 0.347. The number of benzene rings is 1. The predicted molar refractivity (Wildman–Crippen MR) is 130 cm³/mol. The van der Waals surface area contributed by atoms with Crippen molar-refractivity contribution >= 4 is 11.8 Å². The third-order valence-electron chi connectivity index (χ3n) is 8.11. The van der Waals surface area contributed by atoms with Crippen molar-refractivity contribution in [2.75, 3.05) is 23.7 Å². The van der Waals surface area contributed by atoms with Crippen LogP contribution >= 0.6 is 0 Å². The first-order chi connectivity index (χ1) is 18.4. The molecule has 0 aliphatic heterocycles. The molecule has 4 fully saturated rings. The number of rotatable bonds is 9. The van der Waals surface area contributed by atoms with E-state index >= 15 is 0 Å². The van der Waals surface area contributed by atoms with E-state index in [1.54, 1.807) is 6.07 Å². The van der Waals surface area contributed by atoms with Gasteiger partial charge in [0.25, 0.3) is 0 Å². The number of nitrogens with one attached hydrogen (secondary N) is 3. The van der Waals surface area contributed by atoms with E-state index in [0.717, 1.165) is 32.1 Å². The van der Waals surface area contributed by atoms with Gasteiger partial charge in [-0.1, -0.05) is 18.2 Å². The number of aromatic nitrogens is 2. The van der Waals surface area contributed by atoms with Gasteiger partial charge in [-0.05, 0) is 61.3 Å². The van der Waals surface area contributed by atoms with Gasteiger partial charge in [-0.3, -0.25) is 0 Å². The maximum Gasteiger partial charge on any atom is 0.573 e. The Hall–Kier alpha value is -3.27. The van der Waals surface area contributed by atoms with Gasteiger partial charge in [0.1, 0.15) is 23.2 Å². The monoisotopic (exact) mass is 554 g/mol. The van der Waals surface area contributed by atoms with Crippen LogP contribution in [-0.4, -0.2) is 41.6 Å². The first-order valence-electron chi connectivity index (χ1n) is 12.8. The third kappa shape index (κ3) is 6.49.